The summed E-state index contributed by atoms with van der Waals surface area (Å²) in [6, 6.07) is 31.6. The van der Waals surface area contributed by atoms with Crippen molar-refractivity contribution in [2.45, 2.75) is 0 Å². The van der Waals surface area contributed by atoms with Crippen LogP contribution < -0.4 is 21.5 Å². The normalized spacial score (nSPS) is 11.3. The summed E-state index contributed by atoms with van der Waals surface area (Å²) in [7, 11) is 3.70. The molecule has 2 amide bonds. The van der Waals surface area contributed by atoms with E-state index in [1.54, 1.807) is 72.8 Å². The first kappa shape index (κ1) is 26.9. The number of amides is 2. The Balaban J connectivity index is 1.27. The molecule has 214 valence electrons. The van der Waals surface area contributed by atoms with E-state index >= 15 is 0 Å². The van der Waals surface area contributed by atoms with Crippen molar-refractivity contribution in [3.63, 3.8) is 0 Å². The van der Waals surface area contributed by atoms with Gasteiger partial charge in [0.15, 0.2) is 10.9 Å². The molecular weight excluding hydrogens is 552 g/mol. The van der Waals surface area contributed by atoms with Crippen LogP contribution in [0.4, 0.5) is 11.4 Å². The average Bonchev–Trinajstić information content (AvgIpc) is 3.06. The molecule has 0 aliphatic carbocycles. The third-order valence-electron chi connectivity index (χ3n) is 8.16. The van der Waals surface area contributed by atoms with Crippen molar-refractivity contribution in [2.75, 3.05) is 10.6 Å². The van der Waals surface area contributed by atoms with Crippen LogP contribution in [0.1, 0.15) is 20.7 Å². The Hall–Kier alpha value is -6.02. The van der Waals surface area contributed by atoms with Crippen molar-refractivity contribution in [3.8, 4) is 0 Å². The predicted molar refractivity (Wildman–Crippen MR) is 176 cm³/mol. The number of fused-ring (bicyclic) bond motifs is 4. The van der Waals surface area contributed by atoms with Gasteiger partial charge in [0.1, 0.15) is 0 Å². The number of aromatic nitrogens is 2. The number of benzene rings is 5. The quantitative estimate of drug-likeness (QED) is 0.243. The monoisotopic (exact) mass is 578 g/mol. The molecule has 0 aliphatic heterocycles. The molecule has 0 radical (unpaired) electrons. The minimum absolute atomic E-state index is 0.123. The summed E-state index contributed by atoms with van der Waals surface area (Å²) in [6.07, 6.45) is 0. The molecule has 5 aromatic carbocycles. The van der Waals surface area contributed by atoms with E-state index in [9.17, 15) is 19.2 Å². The number of rotatable bonds is 4. The molecule has 44 heavy (non-hydrogen) atoms. The first-order valence-electron chi connectivity index (χ1n) is 14.1. The molecule has 0 bridgehead atoms. The van der Waals surface area contributed by atoms with Gasteiger partial charge < -0.3 is 19.8 Å². The highest BCUT2D eigenvalue weighted by Crippen LogP contribution is 2.28. The second kappa shape index (κ2) is 10.4. The van der Waals surface area contributed by atoms with Gasteiger partial charge in [-0.1, -0.05) is 48.5 Å². The largest absolute Gasteiger partial charge is 0.342 e. The topological polar surface area (TPSA) is 102 Å². The SMILES string of the molecule is Cn1c2ccccc2c(=O)c2cccc(NC(=O)c3ccccc3C(=O)Nc3cccc4c(=O)c5ccccc5n(C)c34)c21. The summed E-state index contributed by atoms with van der Waals surface area (Å²) in [5.41, 5.74) is 3.61. The van der Waals surface area contributed by atoms with E-state index in [1.807, 2.05) is 59.6 Å². The number of nitrogens with one attached hydrogen (secondary N) is 2. The first-order valence-corrected chi connectivity index (χ1v) is 14.1. The highest BCUT2D eigenvalue weighted by Gasteiger charge is 2.21. The molecule has 2 heterocycles. The Bertz CT molecular complexity index is 2290. The summed E-state index contributed by atoms with van der Waals surface area (Å²) in [5.74, 6) is -1.000. The van der Waals surface area contributed by atoms with Crippen LogP contribution in [0.5, 0.6) is 0 Å². The Labute approximate surface area is 250 Å². The Morgan fingerprint density at radius 2 is 0.841 bits per heavy atom. The number of pyridine rings is 2. The molecule has 0 saturated carbocycles. The maximum Gasteiger partial charge on any atom is 0.256 e. The van der Waals surface area contributed by atoms with Crippen LogP contribution in [-0.2, 0) is 14.1 Å². The lowest BCUT2D eigenvalue weighted by Gasteiger charge is -2.17. The molecule has 7 rings (SSSR count). The molecule has 8 nitrogen and oxygen atoms in total. The van der Waals surface area contributed by atoms with Gasteiger partial charge in [0.05, 0.1) is 44.6 Å². The van der Waals surface area contributed by atoms with Gasteiger partial charge in [0.25, 0.3) is 11.8 Å². The smallest absolute Gasteiger partial charge is 0.256 e. The minimum Gasteiger partial charge on any atom is -0.342 e. The van der Waals surface area contributed by atoms with Gasteiger partial charge >= 0.3 is 0 Å². The van der Waals surface area contributed by atoms with Crippen molar-refractivity contribution >= 4 is 66.8 Å². The minimum atomic E-state index is -0.500. The maximum atomic E-state index is 13.7. The van der Waals surface area contributed by atoms with Crippen molar-refractivity contribution in [3.05, 3.63) is 141 Å². The van der Waals surface area contributed by atoms with Crippen LogP contribution in [0.2, 0.25) is 0 Å². The summed E-state index contributed by atoms with van der Waals surface area (Å²) in [4.78, 5) is 54.0. The molecule has 2 N–H and O–H groups in total. The van der Waals surface area contributed by atoms with Crippen LogP contribution in [0.15, 0.2) is 119 Å². The second-order valence-corrected chi connectivity index (χ2v) is 10.7. The fourth-order valence-corrected chi connectivity index (χ4v) is 6.08. The number of anilines is 2. The molecule has 0 fully saturated rings. The fourth-order valence-electron chi connectivity index (χ4n) is 6.08. The van der Waals surface area contributed by atoms with Crippen LogP contribution in [0.25, 0.3) is 43.6 Å². The standard InChI is InChI=1S/C36H26N4O4/c1-39-29-19-7-5-13-23(29)33(41)25-15-9-17-27(31(25)39)37-35(43)21-11-3-4-12-22(21)36(44)38-28-18-10-16-26-32(28)40(2)30-20-8-6-14-24(30)34(26)42/h3-20H,1-2H3,(H,37,43)(H,38,44). The van der Waals surface area contributed by atoms with Gasteiger partial charge in [0.2, 0.25) is 0 Å². The maximum absolute atomic E-state index is 13.7. The zero-order valence-electron chi connectivity index (χ0n) is 23.9. The van der Waals surface area contributed by atoms with Gasteiger partial charge in [0, 0.05) is 35.6 Å². The Morgan fingerprint density at radius 3 is 1.27 bits per heavy atom. The number of hydrogen-bond acceptors (Lipinski definition) is 4. The van der Waals surface area contributed by atoms with Crippen LogP contribution in [-0.4, -0.2) is 20.9 Å². The Morgan fingerprint density at radius 1 is 0.477 bits per heavy atom. The predicted octanol–water partition coefficient (Wildman–Crippen LogP) is 6.20. The number of carbonyl (C=O) groups is 2. The molecule has 2 aromatic heterocycles. The summed E-state index contributed by atoms with van der Waals surface area (Å²) >= 11 is 0. The van der Waals surface area contributed by atoms with E-state index in [4.69, 9.17) is 0 Å². The van der Waals surface area contributed by atoms with E-state index in [-0.39, 0.29) is 22.0 Å². The number of hydrogen-bond donors (Lipinski definition) is 2. The van der Waals surface area contributed by atoms with E-state index in [1.165, 1.54) is 0 Å². The van der Waals surface area contributed by atoms with Gasteiger partial charge in [-0.25, -0.2) is 0 Å². The van der Waals surface area contributed by atoms with E-state index in [0.29, 0.717) is 44.0 Å². The molecule has 0 aliphatic rings. The lowest BCUT2D eigenvalue weighted by atomic mass is 10.0. The van der Waals surface area contributed by atoms with Crippen molar-refractivity contribution < 1.29 is 9.59 Å². The molecule has 0 saturated heterocycles. The van der Waals surface area contributed by atoms with Gasteiger partial charge in [-0.3, -0.25) is 19.2 Å². The lowest BCUT2D eigenvalue weighted by Crippen LogP contribution is -2.21. The lowest BCUT2D eigenvalue weighted by molar-refractivity contribution is 0.0990. The number of nitrogens with zero attached hydrogens (tertiary/aromatic N) is 2. The number of aryl methyl sites for hydroxylation is 2. The number of para-hydroxylation sites is 4. The zero-order valence-corrected chi connectivity index (χ0v) is 23.9. The van der Waals surface area contributed by atoms with Crippen molar-refractivity contribution in [1.29, 1.82) is 0 Å². The molecule has 7 aromatic rings. The van der Waals surface area contributed by atoms with Gasteiger partial charge in [-0.2, -0.15) is 0 Å². The zero-order chi connectivity index (χ0) is 30.5. The summed E-state index contributed by atoms with van der Waals surface area (Å²) in [6.45, 7) is 0. The highest BCUT2D eigenvalue weighted by atomic mass is 16.2. The molecule has 8 heteroatoms. The molecule has 0 unspecified atom stereocenters. The van der Waals surface area contributed by atoms with Crippen LogP contribution in [0.3, 0.4) is 0 Å². The van der Waals surface area contributed by atoms with Crippen molar-refractivity contribution in [1.82, 2.24) is 9.13 Å². The van der Waals surface area contributed by atoms with Gasteiger partial charge in [-0.05, 0) is 60.7 Å². The van der Waals surface area contributed by atoms with Crippen LogP contribution in [0, 0.1) is 0 Å². The molecule has 0 spiro atoms. The highest BCUT2D eigenvalue weighted by molar-refractivity contribution is 6.18. The third-order valence-corrected chi connectivity index (χ3v) is 8.16. The molecule has 0 atom stereocenters. The van der Waals surface area contributed by atoms with E-state index in [0.717, 1.165) is 11.0 Å². The third kappa shape index (κ3) is 4.15. The average molecular weight is 579 g/mol. The fraction of sp³-hybridized carbons (Fsp3) is 0.0556. The van der Waals surface area contributed by atoms with Crippen LogP contribution >= 0.6 is 0 Å². The van der Waals surface area contributed by atoms with Gasteiger partial charge in [-0.15, -0.1) is 0 Å². The van der Waals surface area contributed by atoms with E-state index in [2.05, 4.69) is 10.6 Å². The summed E-state index contributed by atoms with van der Waals surface area (Å²) in [5, 5.41) is 8.00. The van der Waals surface area contributed by atoms with Crippen molar-refractivity contribution in [2.24, 2.45) is 14.1 Å². The Kier molecular flexibility index (Phi) is 6.32. The number of carbonyl (C=O) groups excluding carboxylic acids is 2. The van der Waals surface area contributed by atoms with E-state index < -0.39 is 11.8 Å². The first-order chi connectivity index (χ1) is 21.3. The second-order valence-electron chi connectivity index (χ2n) is 10.7. The molecular formula is C36H26N4O4. The summed E-state index contributed by atoms with van der Waals surface area (Å²) < 4.78 is 3.77.